The quantitative estimate of drug-likeness (QED) is 0.255. The zero-order valence-corrected chi connectivity index (χ0v) is 24.1. The van der Waals surface area contributed by atoms with Crippen LogP contribution in [-0.4, -0.2) is 43.1 Å². The van der Waals surface area contributed by atoms with E-state index < -0.39 is 14.3 Å². The number of benzene rings is 2. The topological polar surface area (TPSA) is 73.7 Å². The van der Waals surface area contributed by atoms with Gasteiger partial charge >= 0.3 is 5.97 Å². The maximum Gasteiger partial charge on any atom is 0.359 e. The largest absolute Gasteiger partial charge is 0.461 e. The van der Waals surface area contributed by atoms with Crippen molar-refractivity contribution in [2.24, 2.45) is 0 Å². The number of fused-ring (bicyclic) bond motifs is 1. The van der Waals surface area contributed by atoms with Crippen LogP contribution in [0.4, 0.5) is 5.69 Å². The molecule has 0 aliphatic carbocycles. The third-order valence-electron chi connectivity index (χ3n) is 7.17. The number of nitrogens with zero attached hydrogens (tertiary/aromatic N) is 3. The van der Waals surface area contributed by atoms with E-state index in [1.165, 1.54) is 4.68 Å². The summed E-state index contributed by atoms with van der Waals surface area (Å²) in [6.45, 7) is 14.0. The molecule has 1 aromatic heterocycles. The lowest BCUT2D eigenvalue weighted by Gasteiger charge is -2.36. The predicted molar refractivity (Wildman–Crippen MR) is 148 cm³/mol. The summed E-state index contributed by atoms with van der Waals surface area (Å²) in [6.07, 6.45) is 0.473. The lowest BCUT2D eigenvalue weighted by Crippen LogP contribution is -2.40. The molecule has 2 aromatic carbocycles. The summed E-state index contributed by atoms with van der Waals surface area (Å²) in [5.41, 5.74) is 3.50. The lowest BCUT2D eigenvalue weighted by atomic mass is 10.0. The molecule has 1 aliphatic heterocycles. The van der Waals surface area contributed by atoms with E-state index in [0.29, 0.717) is 41.5 Å². The Morgan fingerprint density at radius 1 is 1.11 bits per heavy atom. The minimum atomic E-state index is -1.92. The molecule has 196 valence electrons. The number of carbonyl (C=O) groups is 2. The Morgan fingerprint density at radius 3 is 2.49 bits per heavy atom. The van der Waals surface area contributed by atoms with Gasteiger partial charge in [0, 0.05) is 22.8 Å². The third-order valence-corrected chi connectivity index (χ3v) is 11.9. The van der Waals surface area contributed by atoms with Crippen LogP contribution in [-0.2, 0) is 22.2 Å². The summed E-state index contributed by atoms with van der Waals surface area (Å²) >= 11 is 6.23. The standard InChI is InChI=1S/C28H34ClN3O4Si/c1-7-35-27(34)24-23-14-15-31(26(33)25(23)32(30-24)22-13-9-11-20(29)17-22)21-12-8-10-19(16-21)18-36-37(5,6)28(2,3)4/h8-13,16-17H,7,14-15,18H2,1-6H3. The predicted octanol–water partition coefficient (Wildman–Crippen LogP) is 6.43. The number of amides is 1. The minimum absolute atomic E-state index is 0.110. The van der Waals surface area contributed by atoms with Crippen molar-refractivity contribution >= 4 is 37.5 Å². The highest BCUT2D eigenvalue weighted by Crippen LogP contribution is 2.37. The van der Waals surface area contributed by atoms with Gasteiger partial charge in [0.05, 0.1) is 18.9 Å². The molecule has 7 nitrogen and oxygen atoms in total. The number of anilines is 1. The Kier molecular flexibility index (Phi) is 7.64. The molecule has 1 amide bonds. The number of carbonyl (C=O) groups excluding carboxylic acids is 2. The molecule has 0 saturated carbocycles. The number of hydrogen-bond acceptors (Lipinski definition) is 5. The van der Waals surface area contributed by atoms with Crippen molar-refractivity contribution in [1.29, 1.82) is 0 Å². The SMILES string of the molecule is CCOC(=O)c1nn(-c2cccc(Cl)c2)c2c1CCN(c1cccc(CO[Si](C)(C)C(C)(C)C)c1)C2=O. The van der Waals surface area contributed by atoms with Gasteiger partial charge < -0.3 is 14.1 Å². The molecule has 0 saturated heterocycles. The molecule has 0 bridgehead atoms. The average Bonchev–Trinajstić information content (AvgIpc) is 3.23. The number of esters is 1. The second kappa shape index (κ2) is 10.4. The Bertz CT molecular complexity index is 1330. The number of rotatable bonds is 7. The van der Waals surface area contributed by atoms with Gasteiger partial charge in [0.25, 0.3) is 5.91 Å². The number of halogens is 1. The zero-order valence-electron chi connectivity index (χ0n) is 22.3. The second-order valence-electron chi connectivity index (χ2n) is 10.7. The van der Waals surface area contributed by atoms with Gasteiger partial charge in [-0.3, -0.25) is 4.79 Å². The normalized spacial score (nSPS) is 14.0. The van der Waals surface area contributed by atoms with Crippen LogP contribution in [0.2, 0.25) is 23.2 Å². The first kappa shape index (κ1) is 27.1. The van der Waals surface area contributed by atoms with Crippen LogP contribution in [0.15, 0.2) is 48.5 Å². The van der Waals surface area contributed by atoms with E-state index in [2.05, 4.69) is 39.0 Å². The van der Waals surface area contributed by atoms with Crippen molar-refractivity contribution < 1.29 is 18.8 Å². The summed E-state index contributed by atoms with van der Waals surface area (Å²) in [5.74, 6) is -0.766. The van der Waals surface area contributed by atoms with Gasteiger partial charge in [-0.15, -0.1) is 0 Å². The van der Waals surface area contributed by atoms with Crippen LogP contribution in [0, 0.1) is 0 Å². The number of aromatic nitrogens is 2. The first-order valence-corrected chi connectivity index (χ1v) is 15.8. The van der Waals surface area contributed by atoms with Crippen LogP contribution in [0.3, 0.4) is 0 Å². The molecule has 0 spiro atoms. The molecular weight excluding hydrogens is 506 g/mol. The Balaban J connectivity index is 1.69. The molecule has 9 heteroatoms. The molecule has 37 heavy (non-hydrogen) atoms. The van der Waals surface area contributed by atoms with Gasteiger partial charge in [-0.1, -0.05) is 50.6 Å². The van der Waals surface area contributed by atoms with Crippen LogP contribution in [0.1, 0.15) is 59.8 Å². The first-order chi connectivity index (χ1) is 17.4. The lowest BCUT2D eigenvalue weighted by molar-refractivity contribution is 0.0517. The van der Waals surface area contributed by atoms with E-state index >= 15 is 0 Å². The van der Waals surface area contributed by atoms with E-state index in [9.17, 15) is 9.59 Å². The zero-order chi connectivity index (χ0) is 27.0. The summed E-state index contributed by atoms with van der Waals surface area (Å²) in [7, 11) is -1.92. The van der Waals surface area contributed by atoms with Crippen molar-refractivity contribution in [2.45, 2.75) is 58.9 Å². The van der Waals surface area contributed by atoms with Crippen molar-refractivity contribution in [1.82, 2.24) is 9.78 Å². The van der Waals surface area contributed by atoms with Crippen molar-refractivity contribution in [3.05, 3.63) is 76.1 Å². The smallest absolute Gasteiger partial charge is 0.359 e. The van der Waals surface area contributed by atoms with Gasteiger partial charge in [0.2, 0.25) is 0 Å². The van der Waals surface area contributed by atoms with E-state index in [4.69, 9.17) is 20.8 Å². The van der Waals surface area contributed by atoms with Gasteiger partial charge in [-0.25, -0.2) is 9.48 Å². The van der Waals surface area contributed by atoms with Crippen LogP contribution in [0.5, 0.6) is 0 Å². The average molecular weight is 540 g/mol. The van der Waals surface area contributed by atoms with Crippen molar-refractivity contribution in [3.63, 3.8) is 0 Å². The Labute approximate surface area is 224 Å². The fourth-order valence-corrected chi connectivity index (χ4v) is 5.20. The number of ether oxygens (including phenoxy) is 1. The number of hydrogen-bond donors (Lipinski definition) is 0. The molecule has 3 aromatic rings. The fraction of sp³-hybridized carbons (Fsp3) is 0.393. The highest BCUT2D eigenvalue weighted by atomic mass is 35.5. The Hall–Kier alpha value is -2.94. The molecule has 4 rings (SSSR count). The summed E-state index contributed by atoms with van der Waals surface area (Å²) in [4.78, 5) is 28.3. The van der Waals surface area contributed by atoms with Crippen LogP contribution >= 0.6 is 11.6 Å². The molecule has 0 atom stereocenters. The molecular formula is C28H34ClN3O4Si. The van der Waals surface area contributed by atoms with E-state index in [1.807, 2.05) is 24.3 Å². The third kappa shape index (κ3) is 5.51. The second-order valence-corrected chi connectivity index (χ2v) is 16.0. The van der Waals surface area contributed by atoms with Crippen molar-refractivity contribution in [2.75, 3.05) is 18.1 Å². The van der Waals surface area contributed by atoms with Gasteiger partial charge in [-0.05, 0) is 67.4 Å². The molecule has 2 heterocycles. The van der Waals surface area contributed by atoms with E-state index in [-0.39, 0.29) is 23.2 Å². The Morgan fingerprint density at radius 2 is 1.81 bits per heavy atom. The fourth-order valence-electron chi connectivity index (χ4n) is 4.06. The van der Waals surface area contributed by atoms with Gasteiger partial charge in [0.1, 0.15) is 5.69 Å². The molecule has 0 fully saturated rings. The first-order valence-electron chi connectivity index (χ1n) is 12.5. The van der Waals surface area contributed by atoms with Crippen molar-refractivity contribution in [3.8, 4) is 5.69 Å². The summed E-state index contributed by atoms with van der Waals surface area (Å²) < 4.78 is 13.1. The molecule has 0 N–H and O–H groups in total. The van der Waals surface area contributed by atoms with Crippen LogP contribution < -0.4 is 4.90 Å². The highest BCUT2D eigenvalue weighted by molar-refractivity contribution is 6.74. The summed E-state index contributed by atoms with van der Waals surface area (Å²) in [6, 6.07) is 14.9. The molecule has 0 radical (unpaired) electrons. The maximum atomic E-state index is 13.9. The summed E-state index contributed by atoms with van der Waals surface area (Å²) in [5, 5.41) is 5.14. The van der Waals surface area contributed by atoms with Crippen LogP contribution in [0.25, 0.3) is 5.69 Å². The highest BCUT2D eigenvalue weighted by Gasteiger charge is 2.38. The molecule has 0 unspecified atom stereocenters. The van der Waals surface area contributed by atoms with E-state index in [0.717, 1.165) is 11.3 Å². The maximum absolute atomic E-state index is 13.9. The monoisotopic (exact) mass is 539 g/mol. The molecule has 1 aliphatic rings. The van der Waals surface area contributed by atoms with Gasteiger partial charge in [-0.2, -0.15) is 5.10 Å². The minimum Gasteiger partial charge on any atom is -0.461 e. The van der Waals surface area contributed by atoms with Gasteiger partial charge in [0.15, 0.2) is 14.0 Å². The van der Waals surface area contributed by atoms with E-state index in [1.54, 1.807) is 36.1 Å².